The smallest absolute Gasteiger partial charge is 0.254 e. The van der Waals surface area contributed by atoms with Crippen molar-refractivity contribution in [2.45, 2.75) is 33.7 Å². The van der Waals surface area contributed by atoms with Crippen molar-refractivity contribution in [3.8, 4) is 11.1 Å². The average molecular weight is 382 g/mol. The fraction of sp³-hybridized carbons (Fsp3) is 0.391. The first-order valence-corrected chi connectivity index (χ1v) is 9.74. The highest BCUT2D eigenvalue weighted by atomic mass is 19.1. The highest BCUT2D eigenvalue weighted by Crippen LogP contribution is 2.25. The van der Waals surface area contributed by atoms with Gasteiger partial charge in [-0.05, 0) is 60.7 Å². The van der Waals surface area contributed by atoms with Gasteiger partial charge in [-0.3, -0.25) is 9.59 Å². The van der Waals surface area contributed by atoms with Crippen LogP contribution in [0.5, 0.6) is 0 Å². The maximum atomic E-state index is 13.6. The first-order chi connectivity index (χ1) is 13.3. The van der Waals surface area contributed by atoms with Crippen LogP contribution in [0.4, 0.5) is 4.39 Å². The first-order valence-electron chi connectivity index (χ1n) is 9.74. The Balaban J connectivity index is 1.76. The monoisotopic (exact) mass is 382 g/mol. The molecule has 0 aromatic heterocycles. The Kier molecular flexibility index (Phi) is 5.82. The van der Waals surface area contributed by atoms with E-state index in [1.165, 1.54) is 12.1 Å². The Morgan fingerprint density at radius 2 is 1.82 bits per heavy atom. The molecule has 1 atom stereocenters. The molecule has 2 aromatic rings. The van der Waals surface area contributed by atoms with Gasteiger partial charge in [0, 0.05) is 25.2 Å². The van der Waals surface area contributed by atoms with Gasteiger partial charge in [0.25, 0.3) is 5.91 Å². The van der Waals surface area contributed by atoms with E-state index in [2.05, 4.69) is 13.8 Å². The number of aryl methyl sites for hydroxylation is 1. The predicted molar refractivity (Wildman–Crippen MR) is 108 cm³/mol. The lowest BCUT2D eigenvalue weighted by Gasteiger charge is -2.39. The molecular formula is C23H27FN2O2. The minimum atomic E-state index is -0.467. The summed E-state index contributed by atoms with van der Waals surface area (Å²) in [7, 11) is 0. The maximum absolute atomic E-state index is 13.6. The van der Waals surface area contributed by atoms with E-state index < -0.39 is 6.04 Å². The molecule has 1 aliphatic heterocycles. The summed E-state index contributed by atoms with van der Waals surface area (Å²) in [6.45, 7) is 9.69. The van der Waals surface area contributed by atoms with Crippen LogP contribution < -0.4 is 0 Å². The van der Waals surface area contributed by atoms with E-state index in [9.17, 15) is 14.0 Å². The van der Waals surface area contributed by atoms with Gasteiger partial charge in [0.1, 0.15) is 11.9 Å². The van der Waals surface area contributed by atoms with Crippen LogP contribution in [-0.4, -0.2) is 47.3 Å². The minimum Gasteiger partial charge on any atom is -0.339 e. The zero-order chi connectivity index (χ0) is 20.4. The molecule has 0 N–H and O–H groups in total. The van der Waals surface area contributed by atoms with Crippen molar-refractivity contribution in [2.75, 3.05) is 19.6 Å². The highest BCUT2D eigenvalue weighted by molar-refractivity contribution is 5.98. The maximum Gasteiger partial charge on any atom is 0.254 e. The van der Waals surface area contributed by atoms with E-state index in [-0.39, 0.29) is 17.6 Å². The number of amides is 2. The third-order valence-corrected chi connectivity index (χ3v) is 5.24. The zero-order valence-corrected chi connectivity index (χ0v) is 16.9. The van der Waals surface area contributed by atoms with Gasteiger partial charge in [0.15, 0.2) is 0 Å². The van der Waals surface area contributed by atoms with E-state index in [4.69, 9.17) is 0 Å². The van der Waals surface area contributed by atoms with Gasteiger partial charge in [0.05, 0.1) is 0 Å². The summed E-state index contributed by atoms with van der Waals surface area (Å²) < 4.78 is 13.6. The van der Waals surface area contributed by atoms with E-state index in [0.717, 1.165) is 16.7 Å². The standard InChI is InChI=1S/C23H27FN2O2/c1-15(2)14-25-11-12-26(17(4)22(25)27)23(28)19-8-6-18(7-9-19)21-13-20(24)10-5-16(21)3/h5-10,13,15,17H,11-12,14H2,1-4H3/t17-/m0/s1. The second-order valence-corrected chi connectivity index (χ2v) is 7.89. The molecule has 0 radical (unpaired) electrons. The molecule has 3 rings (SSSR count). The summed E-state index contributed by atoms with van der Waals surface area (Å²) in [5, 5.41) is 0. The number of rotatable bonds is 4. The third kappa shape index (κ3) is 4.08. The number of piperazine rings is 1. The normalized spacial score (nSPS) is 17.4. The predicted octanol–water partition coefficient (Wildman–Crippen LogP) is 4.13. The van der Waals surface area contributed by atoms with Crippen molar-refractivity contribution >= 4 is 11.8 Å². The molecule has 1 heterocycles. The molecule has 2 amide bonds. The van der Waals surface area contributed by atoms with Crippen LogP contribution in [-0.2, 0) is 4.79 Å². The highest BCUT2D eigenvalue weighted by Gasteiger charge is 2.34. The van der Waals surface area contributed by atoms with Crippen molar-refractivity contribution in [3.05, 3.63) is 59.4 Å². The lowest BCUT2D eigenvalue weighted by molar-refractivity contribution is -0.140. The van der Waals surface area contributed by atoms with Gasteiger partial charge in [-0.1, -0.05) is 32.0 Å². The van der Waals surface area contributed by atoms with E-state index in [1.807, 2.05) is 24.0 Å². The summed E-state index contributed by atoms with van der Waals surface area (Å²) >= 11 is 0. The molecule has 5 heteroatoms. The average Bonchev–Trinajstić information content (AvgIpc) is 2.67. The molecule has 0 saturated carbocycles. The van der Waals surface area contributed by atoms with Crippen molar-refractivity contribution in [3.63, 3.8) is 0 Å². The third-order valence-electron chi connectivity index (χ3n) is 5.24. The first kappa shape index (κ1) is 20.1. The van der Waals surface area contributed by atoms with Gasteiger partial charge in [-0.2, -0.15) is 0 Å². The number of carbonyl (C=O) groups is 2. The van der Waals surface area contributed by atoms with Crippen LogP contribution in [0, 0.1) is 18.7 Å². The number of halogens is 1. The second-order valence-electron chi connectivity index (χ2n) is 7.89. The molecule has 148 valence electrons. The number of nitrogens with zero attached hydrogens (tertiary/aromatic N) is 2. The molecular weight excluding hydrogens is 355 g/mol. The van der Waals surface area contributed by atoms with Crippen LogP contribution in [0.15, 0.2) is 42.5 Å². The molecule has 4 nitrogen and oxygen atoms in total. The molecule has 2 aromatic carbocycles. The molecule has 28 heavy (non-hydrogen) atoms. The van der Waals surface area contributed by atoms with Gasteiger partial charge >= 0.3 is 0 Å². The largest absolute Gasteiger partial charge is 0.339 e. The van der Waals surface area contributed by atoms with Gasteiger partial charge in [-0.25, -0.2) is 4.39 Å². The zero-order valence-electron chi connectivity index (χ0n) is 16.9. The van der Waals surface area contributed by atoms with Crippen molar-refractivity contribution in [1.29, 1.82) is 0 Å². The van der Waals surface area contributed by atoms with Gasteiger partial charge < -0.3 is 9.80 Å². The van der Waals surface area contributed by atoms with Crippen molar-refractivity contribution in [1.82, 2.24) is 9.80 Å². The summed E-state index contributed by atoms with van der Waals surface area (Å²) in [6.07, 6.45) is 0. The van der Waals surface area contributed by atoms with Crippen LogP contribution in [0.3, 0.4) is 0 Å². The Labute approximate surface area is 166 Å². The number of benzene rings is 2. The fourth-order valence-corrected chi connectivity index (χ4v) is 3.69. The van der Waals surface area contributed by atoms with Crippen molar-refractivity contribution < 1.29 is 14.0 Å². The quantitative estimate of drug-likeness (QED) is 0.798. The molecule has 0 bridgehead atoms. The number of hydrogen-bond donors (Lipinski definition) is 0. The topological polar surface area (TPSA) is 40.6 Å². The minimum absolute atomic E-state index is 0.000283. The summed E-state index contributed by atoms with van der Waals surface area (Å²) in [5.74, 6) is -0.0301. The Hall–Kier alpha value is -2.69. The van der Waals surface area contributed by atoms with Crippen LogP contribution >= 0.6 is 0 Å². The Bertz CT molecular complexity index is 877. The molecule has 1 fully saturated rings. The summed E-state index contributed by atoms with van der Waals surface area (Å²) in [5.41, 5.74) is 3.18. The summed E-state index contributed by atoms with van der Waals surface area (Å²) in [6, 6.07) is 11.4. The Morgan fingerprint density at radius 1 is 1.14 bits per heavy atom. The van der Waals surface area contributed by atoms with Crippen molar-refractivity contribution in [2.24, 2.45) is 5.92 Å². The van der Waals surface area contributed by atoms with E-state index >= 15 is 0 Å². The van der Waals surface area contributed by atoms with Crippen LogP contribution in [0.25, 0.3) is 11.1 Å². The molecule has 0 unspecified atom stereocenters. The second kappa shape index (κ2) is 8.13. The Morgan fingerprint density at radius 3 is 2.46 bits per heavy atom. The molecule has 0 aliphatic carbocycles. The lowest BCUT2D eigenvalue weighted by atomic mass is 9.99. The van der Waals surface area contributed by atoms with Crippen LogP contribution in [0.2, 0.25) is 0 Å². The fourth-order valence-electron chi connectivity index (χ4n) is 3.69. The number of carbonyl (C=O) groups excluding carboxylic acids is 2. The lowest BCUT2D eigenvalue weighted by Crippen LogP contribution is -2.58. The van der Waals surface area contributed by atoms with Gasteiger partial charge in [0.2, 0.25) is 5.91 Å². The molecule has 1 saturated heterocycles. The number of hydrogen-bond acceptors (Lipinski definition) is 2. The molecule has 0 spiro atoms. The van der Waals surface area contributed by atoms with Gasteiger partial charge in [-0.15, -0.1) is 0 Å². The van der Waals surface area contributed by atoms with E-state index in [0.29, 0.717) is 31.1 Å². The summed E-state index contributed by atoms with van der Waals surface area (Å²) in [4.78, 5) is 29.0. The molecule has 1 aliphatic rings. The van der Waals surface area contributed by atoms with Crippen LogP contribution in [0.1, 0.15) is 36.7 Å². The van der Waals surface area contributed by atoms with E-state index in [1.54, 1.807) is 30.0 Å². The SMILES string of the molecule is Cc1ccc(F)cc1-c1ccc(C(=O)N2CCN(CC(C)C)C(=O)[C@@H]2C)cc1.